The lowest BCUT2D eigenvalue weighted by Gasteiger charge is -1.92. The normalized spacial score (nSPS) is 20.0. The van der Waals surface area contributed by atoms with E-state index in [0.29, 0.717) is 12.7 Å². The number of hydrogen-bond donors (Lipinski definition) is 0. The van der Waals surface area contributed by atoms with Crippen molar-refractivity contribution in [1.82, 2.24) is 0 Å². The highest BCUT2D eigenvalue weighted by Crippen LogP contribution is 2.07. The maximum atomic E-state index is 5.06. The molecule has 0 aromatic carbocycles. The van der Waals surface area contributed by atoms with E-state index in [1.54, 1.807) is 6.08 Å². The van der Waals surface area contributed by atoms with E-state index in [1.165, 1.54) is 0 Å². The van der Waals surface area contributed by atoms with E-state index in [0.717, 1.165) is 19.1 Å². The predicted molar refractivity (Wildman–Crippen MR) is 47.2 cm³/mol. The fourth-order valence-electron chi connectivity index (χ4n) is 0.447. The Labute approximate surface area is 73.1 Å². The van der Waals surface area contributed by atoms with Gasteiger partial charge in [-0.1, -0.05) is 13.0 Å². The second-order valence-corrected chi connectivity index (χ2v) is 2.58. The zero-order valence-corrected chi connectivity index (χ0v) is 7.64. The molecular weight excluding hydrogens is 164 g/mol. The largest absolute Gasteiger partial charge is 0.375 e. The number of rotatable bonds is 4. The van der Waals surface area contributed by atoms with Crippen LogP contribution >= 0.6 is 11.6 Å². The van der Waals surface area contributed by atoms with Crippen LogP contribution in [0.5, 0.6) is 0 Å². The second-order valence-electron chi connectivity index (χ2n) is 2.05. The van der Waals surface area contributed by atoms with Crippen LogP contribution < -0.4 is 0 Å². The molecule has 0 amide bonds. The van der Waals surface area contributed by atoms with E-state index in [2.05, 4.69) is 6.58 Å². The van der Waals surface area contributed by atoms with Crippen molar-refractivity contribution in [2.45, 2.75) is 13.0 Å². The molecule has 1 rings (SSSR count). The average Bonchev–Trinajstić information content (AvgIpc) is 2.74. The van der Waals surface area contributed by atoms with Crippen LogP contribution in [0.1, 0.15) is 6.92 Å². The van der Waals surface area contributed by atoms with Crippen molar-refractivity contribution < 1.29 is 9.47 Å². The molecule has 1 unspecified atom stereocenters. The molecule has 0 saturated carbocycles. The summed E-state index contributed by atoms with van der Waals surface area (Å²) in [6, 6.07) is 0. The number of alkyl halides is 1. The zero-order valence-electron chi connectivity index (χ0n) is 6.88. The maximum Gasteiger partial charge on any atom is 0.104 e. The van der Waals surface area contributed by atoms with Gasteiger partial charge in [0.15, 0.2) is 0 Å². The van der Waals surface area contributed by atoms with Crippen LogP contribution in [-0.2, 0) is 9.47 Å². The minimum Gasteiger partial charge on any atom is -0.375 e. The molecule has 0 aliphatic carbocycles. The van der Waals surface area contributed by atoms with Crippen LogP contribution in [0, 0.1) is 0 Å². The molecular formula is C8H15ClO2. The summed E-state index contributed by atoms with van der Waals surface area (Å²) in [6.07, 6.45) is 2.12. The highest BCUT2D eigenvalue weighted by atomic mass is 35.5. The first-order valence-corrected chi connectivity index (χ1v) is 4.24. The highest BCUT2D eigenvalue weighted by molar-refractivity contribution is 6.17. The average molecular weight is 179 g/mol. The third-order valence-corrected chi connectivity index (χ3v) is 0.942. The number of ether oxygens (including phenoxy) is 2. The Bertz CT molecular complexity index is 92.1. The number of epoxide rings is 1. The molecule has 66 valence electrons. The van der Waals surface area contributed by atoms with E-state index < -0.39 is 0 Å². The smallest absolute Gasteiger partial charge is 0.104 e. The third kappa shape index (κ3) is 9.95. The van der Waals surface area contributed by atoms with E-state index in [4.69, 9.17) is 21.1 Å². The Hall–Kier alpha value is -0.0500. The zero-order chi connectivity index (χ0) is 8.53. The molecule has 3 heteroatoms. The van der Waals surface area contributed by atoms with Gasteiger partial charge in [-0.05, 0) is 0 Å². The molecule has 11 heavy (non-hydrogen) atoms. The molecule has 1 atom stereocenters. The van der Waals surface area contributed by atoms with Crippen molar-refractivity contribution in [2.24, 2.45) is 0 Å². The lowest BCUT2D eigenvalue weighted by Crippen LogP contribution is -2.00. The van der Waals surface area contributed by atoms with E-state index >= 15 is 0 Å². The van der Waals surface area contributed by atoms with Gasteiger partial charge in [0, 0.05) is 5.88 Å². The van der Waals surface area contributed by atoms with Crippen molar-refractivity contribution in [1.29, 1.82) is 0 Å². The molecule has 1 aliphatic rings. The highest BCUT2D eigenvalue weighted by Gasteiger charge is 2.21. The van der Waals surface area contributed by atoms with E-state index in [-0.39, 0.29) is 0 Å². The molecule has 1 saturated heterocycles. The van der Waals surface area contributed by atoms with Gasteiger partial charge in [-0.3, -0.25) is 0 Å². The summed E-state index contributed by atoms with van der Waals surface area (Å²) in [7, 11) is 0. The second kappa shape index (κ2) is 8.05. The van der Waals surface area contributed by atoms with Crippen molar-refractivity contribution >= 4 is 11.6 Å². The first-order chi connectivity index (χ1) is 5.35. The molecule has 1 aliphatic heterocycles. The molecule has 0 bridgehead atoms. The minimum atomic E-state index is 0.384. The SMILES string of the molecule is C=CCOCC1CO1.CCCl. The molecule has 2 nitrogen and oxygen atoms in total. The van der Waals surface area contributed by atoms with Crippen LogP contribution in [-0.4, -0.2) is 31.8 Å². The fraction of sp³-hybridized carbons (Fsp3) is 0.750. The first kappa shape index (κ1) is 11.0. The van der Waals surface area contributed by atoms with Crippen LogP contribution in [0.2, 0.25) is 0 Å². The summed E-state index contributed by atoms with van der Waals surface area (Å²) in [5.74, 6) is 0.722. The van der Waals surface area contributed by atoms with Crippen molar-refractivity contribution in [3.8, 4) is 0 Å². The van der Waals surface area contributed by atoms with Gasteiger partial charge in [-0.25, -0.2) is 0 Å². The van der Waals surface area contributed by atoms with Crippen LogP contribution in [0.25, 0.3) is 0 Å². The van der Waals surface area contributed by atoms with E-state index in [1.807, 2.05) is 6.92 Å². The van der Waals surface area contributed by atoms with Crippen LogP contribution in [0.15, 0.2) is 12.7 Å². The Balaban J connectivity index is 0.000000292. The quantitative estimate of drug-likeness (QED) is 0.284. The van der Waals surface area contributed by atoms with Gasteiger partial charge >= 0.3 is 0 Å². The summed E-state index contributed by atoms with van der Waals surface area (Å²) in [5, 5.41) is 0. The number of halogens is 1. The Morgan fingerprint density at radius 2 is 2.36 bits per heavy atom. The van der Waals surface area contributed by atoms with Gasteiger partial charge in [0.25, 0.3) is 0 Å². The van der Waals surface area contributed by atoms with Gasteiger partial charge in [-0.15, -0.1) is 18.2 Å². The molecule has 1 heterocycles. The summed E-state index contributed by atoms with van der Waals surface area (Å²) >= 11 is 5.00. The lowest BCUT2D eigenvalue weighted by atomic mass is 10.5. The van der Waals surface area contributed by atoms with E-state index in [9.17, 15) is 0 Å². The van der Waals surface area contributed by atoms with Gasteiger partial charge < -0.3 is 9.47 Å². The van der Waals surface area contributed by atoms with Gasteiger partial charge in [0.1, 0.15) is 6.10 Å². The predicted octanol–water partition coefficient (Wildman–Crippen LogP) is 1.83. The summed E-state index contributed by atoms with van der Waals surface area (Å²) in [6.45, 7) is 7.64. The summed E-state index contributed by atoms with van der Waals surface area (Å²) in [5.41, 5.74) is 0. The Morgan fingerprint density at radius 1 is 1.82 bits per heavy atom. The van der Waals surface area contributed by atoms with Gasteiger partial charge in [0.2, 0.25) is 0 Å². The minimum absolute atomic E-state index is 0.384. The van der Waals surface area contributed by atoms with Crippen molar-refractivity contribution in [3.63, 3.8) is 0 Å². The van der Waals surface area contributed by atoms with Crippen LogP contribution in [0.3, 0.4) is 0 Å². The monoisotopic (exact) mass is 178 g/mol. The topological polar surface area (TPSA) is 21.8 Å². The molecule has 0 radical (unpaired) electrons. The lowest BCUT2D eigenvalue weighted by molar-refractivity contribution is 0.141. The molecule has 0 aromatic heterocycles. The van der Waals surface area contributed by atoms with Crippen molar-refractivity contribution in [3.05, 3.63) is 12.7 Å². The summed E-state index contributed by atoms with van der Waals surface area (Å²) in [4.78, 5) is 0. The fourth-order valence-corrected chi connectivity index (χ4v) is 0.447. The third-order valence-electron chi connectivity index (χ3n) is 0.942. The molecule has 0 aromatic rings. The summed E-state index contributed by atoms with van der Waals surface area (Å²) < 4.78 is 9.96. The van der Waals surface area contributed by atoms with Crippen LogP contribution in [0.4, 0.5) is 0 Å². The first-order valence-electron chi connectivity index (χ1n) is 3.71. The number of hydrogen-bond acceptors (Lipinski definition) is 2. The Kier molecular flexibility index (Phi) is 8.01. The Morgan fingerprint density at radius 3 is 2.73 bits per heavy atom. The van der Waals surface area contributed by atoms with Gasteiger partial charge in [-0.2, -0.15) is 0 Å². The maximum absolute atomic E-state index is 5.06. The standard InChI is InChI=1S/C6H10O2.C2H5Cl/c1-2-3-7-4-6-5-8-6;1-2-3/h2,6H,1,3-5H2;2H2,1H3. The molecule has 0 spiro atoms. The van der Waals surface area contributed by atoms with Crippen molar-refractivity contribution in [2.75, 3.05) is 25.7 Å². The molecule has 0 N–H and O–H groups in total. The van der Waals surface area contributed by atoms with Gasteiger partial charge in [0.05, 0.1) is 19.8 Å². The molecule has 1 fully saturated rings.